The van der Waals surface area contributed by atoms with Crippen LogP contribution in [0.2, 0.25) is 0 Å². The molecule has 21 heavy (non-hydrogen) atoms. The zero-order chi connectivity index (χ0) is 15.0. The lowest BCUT2D eigenvalue weighted by Crippen LogP contribution is -2.48. The van der Waals surface area contributed by atoms with E-state index in [1.807, 2.05) is 11.9 Å². The van der Waals surface area contributed by atoms with E-state index in [1.165, 1.54) is 38.5 Å². The van der Waals surface area contributed by atoms with Crippen molar-refractivity contribution in [2.45, 2.75) is 50.3 Å². The predicted octanol–water partition coefficient (Wildman–Crippen LogP) is 3.31. The van der Waals surface area contributed by atoms with Crippen LogP contribution in [0.25, 0.3) is 0 Å². The van der Waals surface area contributed by atoms with Crippen LogP contribution in [0, 0.1) is 23.2 Å². The third-order valence-corrected chi connectivity index (χ3v) is 6.20. The summed E-state index contributed by atoms with van der Waals surface area (Å²) in [6.45, 7) is 1.08. The highest BCUT2D eigenvalue weighted by Crippen LogP contribution is 2.61. The van der Waals surface area contributed by atoms with Gasteiger partial charge < -0.3 is 9.64 Å². The van der Waals surface area contributed by atoms with Crippen LogP contribution in [0.5, 0.6) is 0 Å². The summed E-state index contributed by atoms with van der Waals surface area (Å²) in [6, 6.07) is 0. The lowest BCUT2D eigenvalue weighted by atomic mass is 9.49. The van der Waals surface area contributed by atoms with E-state index >= 15 is 0 Å². The van der Waals surface area contributed by atoms with Crippen LogP contribution in [0.1, 0.15) is 44.9 Å². The van der Waals surface area contributed by atoms with E-state index in [0.29, 0.717) is 18.6 Å². The van der Waals surface area contributed by atoms with Gasteiger partial charge in [0.25, 0.3) is 0 Å². The van der Waals surface area contributed by atoms with Crippen LogP contribution in [0.4, 0.5) is 0 Å². The highest BCUT2D eigenvalue weighted by atomic mass is 35.5. The van der Waals surface area contributed by atoms with Gasteiger partial charge in [0.05, 0.1) is 12.0 Å². The van der Waals surface area contributed by atoms with Crippen molar-refractivity contribution in [2.24, 2.45) is 23.2 Å². The number of carbonyl (C=O) groups is 1. The highest BCUT2D eigenvalue weighted by molar-refractivity contribution is 6.21. The fourth-order valence-electron chi connectivity index (χ4n) is 5.59. The normalized spacial score (nSPS) is 38.5. The third kappa shape index (κ3) is 3.39. The fourth-order valence-corrected chi connectivity index (χ4v) is 5.93. The van der Waals surface area contributed by atoms with E-state index in [-0.39, 0.29) is 11.3 Å². The van der Waals surface area contributed by atoms with E-state index in [0.717, 1.165) is 24.2 Å². The molecule has 0 aromatic heterocycles. The van der Waals surface area contributed by atoms with Gasteiger partial charge in [-0.3, -0.25) is 4.79 Å². The lowest BCUT2D eigenvalue weighted by Gasteiger charge is -2.56. The Kier molecular flexibility index (Phi) is 4.52. The maximum Gasteiger partial charge on any atom is 0.222 e. The number of hydrogen-bond donors (Lipinski definition) is 0. The second-order valence-corrected chi connectivity index (χ2v) is 8.54. The lowest BCUT2D eigenvalue weighted by molar-refractivity contribution is -0.138. The molecule has 0 aliphatic heterocycles. The number of nitrogens with zero attached hydrogens (tertiary/aromatic N) is 1. The quantitative estimate of drug-likeness (QED) is 0.704. The van der Waals surface area contributed by atoms with Gasteiger partial charge in [-0.05, 0) is 61.7 Å². The zero-order valence-electron chi connectivity index (χ0n) is 13.3. The van der Waals surface area contributed by atoms with Crippen molar-refractivity contribution in [1.82, 2.24) is 4.90 Å². The summed E-state index contributed by atoms with van der Waals surface area (Å²) in [5.41, 5.74) is 0.323. The molecule has 0 aromatic rings. The molecule has 0 aromatic carbocycles. The molecule has 3 nitrogen and oxygen atoms in total. The minimum atomic E-state index is -0.111. The molecule has 0 spiro atoms. The number of ether oxygens (including phenoxy) is 1. The Morgan fingerprint density at radius 2 is 1.76 bits per heavy atom. The standard InChI is InChI=1S/C17H28ClNO2/c1-19(10-15(18)11-21-2)16(20)9-17-6-12-3-13(7-17)5-14(4-12)8-17/h12-15H,3-11H2,1-2H3. The Morgan fingerprint density at radius 3 is 2.24 bits per heavy atom. The molecule has 1 unspecified atom stereocenters. The van der Waals surface area contributed by atoms with Gasteiger partial charge in [-0.2, -0.15) is 0 Å². The first-order valence-corrected chi connectivity index (χ1v) is 8.80. The monoisotopic (exact) mass is 313 g/mol. The Hall–Kier alpha value is -0.280. The molecule has 4 bridgehead atoms. The number of carbonyl (C=O) groups excluding carboxylic acids is 1. The second kappa shape index (κ2) is 6.08. The van der Waals surface area contributed by atoms with E-state index in [2.05, 4.69) is 0 Å². The maximum atomic E-state index is 12.6. The van der Waals surface area contributed by atoms with Gasteiger partial charge in [-0.25, -0.2) is 0 Å². The Morgan fingerprint density at radius 1 is 1.24 bits per heavy atom. The number of alkyl halides is 1. The maximum absolute atomic E-state index is 12.6. The number of methoxy groups -OCH3 is 1. The van der Waals surface area contributed by atoms with Gasteiger partial charge in [-0.15, -0.1) is 11.6 Å². The molecular weight excluding hydrogens is 286 g/mol. The highest BCUT2D eigenvalue weighted by Gasteiger charge is 2.51. The van der Waals surface area contributed by atoms with Crippen LogP contribution in [0.15, 0.2) is 0 Å². The van der Waals surface area contributed by atoms with Gasteiger partial charge in [0.1, 0.15) is 0 Å². The topological polar surface area (TPSA) is 29.5 Å². The Bertz CT molecular complexity index is 363. The second-order valence-electron chi connectivity index (χ2n) is 7.92. The van der Waals surface area contributed by atoms with Crippen LogP contribution in [-0.4, -0.2) is 43.5 Å². The first kappa shape index (κ1) is 15.6. The van der Waals surface area contributed by atoms with E-state index in [1.54, 1.807) is 7.11 Å². The Balaban J connectivity index is 1.57. The molecule has 0 radical (unpaired) electrons. The number of hydrogen-bond acceptors (Lipinski definition) is 2. The molecule has 1 atom stereocenters. The Labute approximate surface area is 133 Å². The molecule has 4 heteroatoms. The SMILES string of the molecule is COCC(Cl)CN(C)C(=O)CC12CC3CC(CC(C3)C1)C2. The van der Waals surface area contributed by atoms with Crippen molar-refractivity contribution in [3.8, 4) is 0 Å². The molecule has 0 N–H and O–H groups in total. The van der Waals surface area contributed by atoms with Crippen molar-refractivity contribution in [3.05, 3.63) is 0 Å². The van der Waals surface area contributed by atoms with Gasteiger partial charge in [0, 0.05) is 27.1 Å². The van der Waals surface area contributed by atoms with E-state index < -0.39 is 0 Å². The summed E-state index contributed by atoms with van der Waals surface area (Å²) in [5.74, 6) is 2.99. The number of rotatable bonds is 6. The van der Waals surface area contributed by atoms with Gasteiger partial charge in [-0.1, -0.05) is 0 Å². The summed E-state index contributed by atoms with van der Waals surface area (Å²) in [5, 5.41) is -0.111. The van der Waals surface area contributed by atoms with Crippen molar-refractivity contribution >= 4 is 17.5 Å². The van der Waals surface area contributed by atoms with Gasteiger partial charge >= 0.3 is 0 Å². The van der Waals surface area contributed by atoms with Gasteiger partial charge in [0.15, 0.2) is 0 Å². The van der Waals surface area contributed by atoms with Crippen molar-refractivity contribution in [1.29, 1.82) is 0 Å². The van der Waals surface area contributed by atoms with Crippen LogP contribution >= 0.6 is 11.6 Å². The molecular formula is C17H28ClNO2. The minimum absolute atomic E-state index is 0.111. The molecule has 1 amide bonds. The third-order valence-electron chi connectivity index (χ3n) is 5.94. The largest absolute Gasteiger partial charge is 0.383 e. The fraction of sp³-hybridized carbons (Fsp3) is 0.941. The van der Waals surface area contributed by atoms with E-state index in [9.17, 15) is 4.79 Å². The minimum Gasteiger partial charge on any atom is -0.383 e. The average Bonchev–Trinajstić information content (AvgIpc) is 2.36. The first-order chi connectivity index (χ1) is 9.99. The molecule has 120 valence electrons. The van der Waals surface area contributed by atoms with Gasteiger partial charge in [0.2, 0.25) is 5.91 Å². The predicted molar refractivity (Wildman–Crippen MR) is 84.4 cm³/mol. The number of halogens is 1. The van der Waals surface area contributed by atoms with Crippen molar-refractivity contribution in [2.75, 3.05) is 27.3 Å². The summed E-state index contributed by atoms with van der Waals surface area (Å²) < 4.78 is 5.05. The summed E-state index contributed by atoms with van der Waals surface area (Å²) >= 11 is 6.18. The summed E-state index contributed by atoms with van der Waals surface area (Å²) in [6.07, 6.45) is 8.91. The average molecular weight is 314 g/mol. The smallest absolute Gasteiger partial charge is 0.222 e. The molecule has 0 saturated heterocycles. The molecule has 4 fully saturated rings. The van der Waals surface area contributed by atoms with Crippen molar-refractivity contribution < 1.29 is 9.53 Å². The summed E-state index contributed by atoms with van der Waals surface area (Å²) in [7, 11) is 3.53. The molecule has 0 heterocycles. The molecule has 4 rings (SSSR count). The summed E-state index contributed by atoms with van der Waals surface area (Å²) in [4.78, 5) is 14.4. The van der Waals surface area contributed by atoms with Crippen LogP contribution in [-0.2, 0) is 9.53 Å². The van der Waals surface area contributed by atoms with Crippen LogP contribution < -0.4 is 0 Å². The molecule has 4 saturated carbocycles. The van der Waals surface area contributed by atoms with Crippen LogP contribution in [0.3, 0.4) is 0 Å². The molecule has 4 aliphatic carbocycles. The first-order valence-electron chi connectivity index (χ1n) is 8.36. The number of amides is 1. The zero-order valence-corrected chi connectivity index (χ0v) is 14.1. The molecule has 4 aliphatic rings. The van der Waals surface area contributed by atoms with Crippen molar-refractivity contribution in [3.63, 3.8) is 0 Å². The van der Waals surface area contributed by atoms with E-state index in [4.69, 9.17) is 16.3 Å².